The van der Waals surface area contributed by atoms with Crippen LogP contribution in [0.2, 0.25) is 0 Å². The highest BCUT2D eigenvalue weighted by atomic mass is 32.2. The van der Waals surface area contributed by atoms with Crippen LogP contribution in [0.5, 0.6) is 0 Å². The number of hydrogen-bond acceptors (Lipinski definition) is 5. The fourth-order valence-corrected chi connectivity index (χ4v) is 3.02. The first-order valence-corrected chi connectivity index (χ1v) is 7.07. The van der Waals surface area contributed by atoms with Crippen molar-refractivity contribution in [1.82, 2.24) is 10.3 Å². The molecule has 2 heterocycles. The van der Waals surface area contributed by atoms with Gasteiger partial charge in [-0.25, -0.2) is 0 Å². The number of anilines is 1. The molecule has 1 N–H and O–H groups in total. The Morgan fingerprint density at radius 1 is 1.53 bits per heavy atom. The molecule has 5 heteroatoms. The number of hydrogen-bond donors (Lipinski definition) is 1. The molecule has 0 spiro atoms. The van der Waals surface area contributed by atoms with Crippen molar-refractivity contribution >= 4 is 17.8 Å². The molecule has 0 radical (unpaired) electrons. The predicted molar refractivity (Wildman–Crippen MR) is 72.6 cm³/mol. The zero-order chi connectivity index (χ0) is 12.3. The van der Waals surface area contributed by atoms with E-state index in [2.05, 4.69) is 29.0 Å². The zero-order valence-electron chi connectivity index (χ0n) is 10.8. The van der Waals surface area contributed by atoms with E-state index >= 15 is 0 Å². The van der Waals surface area contributed by atoms with Crippen LogP contribution in [0.1, 0.15) is 26.0 Å². The first-order valence-electron chi connectivity index (χ1n) is 6.09. The van der Waals surface area contributed by atoms with Crippen LogP contribution in [0.4, 0.5) is 6.01 Å². The minimum atomic E-state index is 0.370. The Bertz CT molecular complexity index is 364. The van der Waals surface area contributed by atoms with Gasteiger partial charge in [-0.3, -0.25) is 0 Å². The SMILES string of the molecule is CNCc1coc(N2CCSC(C)(C)CC2)n1. The van der Waals surface area contributed by atoms with Gasteiger partial charge in [0.1, 0.15) is 6.26 Å². The van der Waals surface area contributed by atoms with Gasteiger partial charge in [0, 0.05) is 30.1 Å². The number of aromatic nitrogens is 1. The number of oxazole rings is 1. The fourth-order valence-electron chi connectivity index (χ4n) is 1.92. The topological polar surface area (TPSA) is 41.3 Å². The minimum absolute atomic E-state index is 0.370. The molecule has 4 nitrogen and oxygen atoms in total. The normalized spacial score (nSPS) is 20.3. The van der Waals surface area contributed by atoms with Crippen molar-refractivity contribution < 1.29 is 4.42 Å². The van der Waals surface area contributed by atoms with Crippen LogP contribution in [0.3, 0.4) is 0 Å². The van der Waals surface area contributed by atoms with Gasteiger partial charge < -0.3 is 14.6 Å². The molecule has 1 aromatic heterocycles. The maximum Gasteiger partial charge on any atom is 0.297 e. The van der Waals surface area contributed by atoms with Gasteiger partial charge in [-0.1, -0.05) is 13.8 Å². The summed E-state index contributed by atoms with van der Waals surface area (Å²) in [5.74, 6) is 1.14. The molecular formula is C12H21N3OS. The molecule has 1 aromatic rings. The number of thioether (sulfide) groups is 1. The molecule has 0 saturated carbocycles. The van der Waals surface area contributed by atoms with Crippen molar-refractivity contribution in [2.45, 2.75) is 31.6 Å². The lowest BCUT2D eigenvalue weighted by molar-refractivity contribution is 0.525. The summed E-state index contributed by atoms with van der Waals surface area (Å²) in [5, 5.41) is 3.08. The Morgan fingerprint density at radius 3 is 3.12 bits per heavy atom. The van der Waals surface area contributed by atoms with Crippen LogP contribution in [0.15, 0.2) is 10.7 Å². The first kappa shape index (κ1) is 12.8. The van der Waals surface area contributed by atoms with Crippen molar-refractivity contribution in [2.24, 2.45) is 0 Å². The van der Waals surface area contributed by atoms with E-state index in [4.69, 9.17) is 4.42 Å². The Hall–Kier alpha value is -0.680. The van der Waals surface area contributed by atoms with E-state index in [1.165, 1.54) is 6.42 Å². The standard InChI is InChI=1S/C12H21N3OS/c1-12(2)4-5-15(6-7-17-12)11-14-10(8-13-3)9-16-11/h9,13H,4-8H2,1-3H3. The molecule has 2 rings (SSSR count). The molecule has 0 atom stereocenters. The Morgan fingerprint density at radius 2 is 2.35 bits per heavy atom. The smallest absolute Gasteiger partial charge is 0.297 e. The Labute approximate surface area is 107 Å². The summed E-state index contributed by atoms with van der Waals surface area (Å²) in [6, 6.07) is 0.772. The lowest BCUT2D eigenvalue weighted by Crippen LogP contribution is -2.27. The minimum Gasteiger partial charge on any atom is -0.432 e. The fraction of sp³-hybridized carbons (Fsp3) is 0.750. The van der Waals surface area contributed by atoms with Crippen molar-refractivity contribution in [3.05, 3.63) is 12.0 Å². The molecule has 0 unspecified atom stereocenters. The maximum atomic E-state index is 5.55. The summed E-state index contributed by atoms with van der Waals surface area (Å²) in [5.41, 5.74) is 0.971. The summed E-state index contributed by atoms with van der Waals surface area (Å²) in [6.45, 7) is 7.43. The summed E-state index contributed by atoms with van der Waals surface area (Å²) in [7, 11) is 1.92. The third kappa shape index (κ3) is 3.39. The highest BCUT2D eigenvalue weighted by Crippen LogP contribution is 2.31. The van der Waals surface area contributed by atoms with Gasteiger partial charge in [0.05, 0.1) is 5.69 Å². The van der Waals surface area contributed by atoms with Gasteiger partial charge >= 0.3 is 0 Å². The highest BCUT2D eigenvalue weighted by Gasteiger charge is 2.25. The van der Waals surface area contributed by atoms with Crippen LogP contribution in [-0.2, 0) is 6.54 Å². The number of rotatable bonds is 3. The first-order chi connectivity index (χ1) is 8.11. The van der Waals surface area contributed by atoms with Crippen molar-refractivity contribution in [3.63, 3.8) is 0 Å². The number of nitrogens with one attached hydrogen (secondary N) is 1. The van der Waals surface area contributed by atoms with Gasteiger partial charge in [-0.05, 0) is 13.5 Å². The van der Waals surface area contributed by atoms with Gasteiger partial charge in [-0.15, -0.1) is 0 Å². The lowest BCUT2D eigenvalue weighted by atomic mass is 10.1. The largest absolute Gasteiger partial charge is 0.432 e. The molecule has 0 bridgehead atoms. The molecular weight excluding hydrogens is 234 g/mol. The molecule has 17 heavy (non-hydrogen) atoms. The van der Waals surface area contributed by atoms with E-state index in [0.29, 0.717) is 4.75 Å². The van der Waals surface area contributed by atoms with E-state index in [0.717, 1.165) is 37.1 Å². The Kier molecular flexibility index (Phi) is 3.99. The summed E-state index contributed by atoms with van der Waals surface area (Å²) in [6.07, 6.45) is 2.91. The van der Waals surface area contributed by atoms with Crippen molar-refractivity contribution in [1.29, 1.82) is 0 Å². The second-order valence-electron chi connectivity index (χ2n) is 5.00. The Balaban J connectivity index is 2.01. The van der Waals surface area contributed by atoms with Gasteiger partial charge in [0.15, 0.2) is 0 Å². The molecule has 0 amide bonds. The van der Waals surface area contributed by atoms with Crippen molar-refractivity contribution in [3.8, 4) is 0 Å². The van der Waals surface area contributed by atoms with E-state index < -0.39 is 0 Å². The summed E-state index contributed by atoms with van der Waals surface area (Å²) >= 11 is 2.03. The summed E-state index contributed by atoms with van der Waals surface area (Å²) < 4.78 is 5.92. The van der Waals surface area contributed by atoms with Crippen LogP contribution in [-0.4, -0.2) is 35.6 Å². The molecule has 1 aliphatic heterocycles. The van der Waals surface area contributed by atoms with Gasteiger partial charge in [0.25, 0.3) is 6.01 Å². The summed E-state index contributed by atoms with van der Waals surface area (Å²) in [4.78, 5) is 6.75. The molecule has 96 valence electrons. The quantitative estimate of drug-likeness (QED) is 0.896. The van der Waals surface area contributed by atoms with Crippen LogP contribution < -0.4 is 10.2 Å². The van der Waals surface area contributed by atoms with E-state index in [1.807, 2.05) is 18.8 Å². The highest BCUT2D eigenvalue weighted by molar-refractivity contribution is 8.00. The molecule has 0 aliphatic carbocycles. The second-order valence-corrected chi connectivity index (χ2v) is 6.80. The van der Waals surface area contributed by atoms with E-state index in [-0.39, 0.29) is 0 Å². The van der Waals surface area contributed by atoms with Gasteiger partial charge in [-0.2, -0.15) is 16.7 Å². The zero-order valence-corrected chi connectivity index (χ0v) is 11.6. The third-order valence-electron chi connectivity index (χ3n) is 3.01. The second kappa shape index (κ2) is 5.31. The van der Waals surface area contributed by atoms with Gasteiger partial charge in [0.2, 0.25) is 0 Å². The van der Waals surface area contributed by atoms with Crippen LogP contribution >= 0.6 is 11.8 Å². The molecule has 0 aromatic carbocycles. The van der Waals surface area contributed by atoms with Crippen molar-refractivity contribution in [2.75, 3.05) is 30.8 Å². The average molecular weight is 255 g/mol. The molecule has 1 aliphatic rings. The van der Waals surface area contributed by atoms with E-state index in [1.54, 1.807) is 6.26 Å². The third-order valence-corrected chi connectivity index (χ3v) is 4.38. The predicted octanol–water partition coefficient (Wildman–Crippen LogP) is 2.12. The van der Waals surface area contributed by atoms with Crippen LogP contribution in [0, 0.1) is 0 Å². The molecule has 1 saturated heterocycles. The number of nitrogens with zero attached hydrogens (tertiary/aromatic N) is 2. The maximum absolute atomic E-state index is 5.55. The molecule has 1 fully saturated rings. The monoisotopic (exact) mass is 255 g/mol. The average Bonchev–Trinajstić information content (AvgIpc) is 2.64. The van der Waals surface area contributed by atoms with Crippen LogP contribution in [0.25, 0.3) is 0 Å². The lowest BCUT2D eigenvalue weighted by Gasteiger charge is -2.21. The van der Waals surface area contributed by atoms with E-state index in [9.17, 15) is 0 Å².